The van der Waals surface area contributed by atoms with Crippen LogP contribution in [0.4, 0.5) is 18.9 Å². The Labute approximate surface area is 244 Å². The molecule has 1 saturated heterocycles. The van der Waals surface area contributed by atoms with Crippen LogP contribution in [0.3, 0.4) is 0 Å². The minimum Gasteiger partial charge on any atom is -0.366 e. The van der Waals surface area contributed by atoms with Gasteiger partial charge in [0.15, 0.2) is 0 Å². The fourth-order valence-corrected chi connectivity index (χ4v) is 6.78. The van der Waals surface area contributed by atoms with E-state index in [1.54, 1.807) is 13.1 Å². The van der Waals surface area contributed by atoms with Gasteiger partial charge in [0.2, 0.25) is 15.6 Å². The third-order valence-electron chi connectivity index (χ3n) is 7.88. The molecule has 0 saturated carbocycles. The van der Waals surface area contributed by atoms with Crippen LogP contribution in [0.25, 0.3) is 10.9 Å². The summed E-state index contributed by atoms with van der Waals surface area (Å²) in [7, 11) is -2.09. The lowest BCUT2D eigenvalue weighted by molar-refractivity contribution is -0.136. The highest BCUT2D eigenvalue weighted by Gasteiger charge is 2.35. The van der Waals surface area contributed by atoms with Gasteiger partial charge >= 0.3 is 6.18 Å². The number of anilines is 1. The lowest BCUT2D eigenvalue weighted by Crippen LogP contribution is -2.37. The third-order valence-corrected chi connectivity index (χ3v) is 9.75. The number of unbranched alkanes of at least 4 members (excludes halogenated alkanes) is 2. The molecule has 8 nitrogen and oxygen atoms in total. The first-order valence-corrected chi connectivity index (χ1v) is 15.6. The van der Waals surface area contributed by atoms with Gasteiger partial charge < -0.3 is 15.2 Å². The van der Waals surface area contributed by atoms with Crippen molar-refractivity contribution in [1.82, 2.24) is 14.6 Å². The van der Waals surface area contributed by atoms with Gasteiger partial charge in [-0.1, -0.05) is 19.8 Å². The van der Waals surface area contributed by atoms with E-state index >= 15 is 0 Å². The molecule has 1 aliphatic heterocycles. The molecule has 12 heteroatoms. The Morgan fingerprint density at radius 2 is 1.81 bits per heavy atom. The van der Waals surface area contributed by atoms with Crippen LogP contribution in [0.15, 0.2) is 58.2 Å². The number of H-pyrrole nitrogens is 1. The highest BCUT2D eigenvalue weighted by atomic mass is 32.2. The van der Waals surface area contributed by atoms with Crippen molar-refractivity contribution in [3.8, 4) is 0 Å². The normalized spacial score (nSPS) is 17.7. The summed E-state index contributed by atoms with van der Waals surface area (Å²) >= 11 is 0. The molecule has 1 fully saturated rings. The SMILES string of the molecule is CCCCCN(C)S(=O)(=O)c1ccc(C(=O)NCC[C@H]2CC[C@@H](C)N2c2ccc3[nH]c(=O)cc(C(F)(F)F)c3c2)cc1. The number of hydrogen-bond donors (Lipinski definition) is 2. The van der Waals surface area contributed by atoms with Crippen molar-refractivity contribution in [1.29, 1.82) is 0 Å². The number of aromatic nitrogens is 1. The number of hydrogen-bond acceptors (Lipinski definition) is 5. The van der Waals surface area contributed by atoms with Crippen LogP contribution in [-0.2, 0) is 16.2 Å². The molecule has 0 bridgehead atoms. The standard InChI is InChI=1S/C30H37F3N4O4S/c1-4-5-6-17-36(3)42(40,41)24-12-8-21(9-13-24)29(39)34-16-15-22-10-7-20(2)37(22)23-11-14-27-25(18-23)26(30(31,32)33)19-28(38)35-27/h8-9,11-14,18-20,22H,4-7,10,15-17H2,1-3H3,(H,34,39)(H,35,38)/t20-,22-/m1/s1. The quantitative estimate of drug-likeness (QED) is 0.279. The Morgan fingerprint density at radius 1 is 1.10 bits per heavy atom. The summed E-state index contributed by atoms with van der Waals surface area (Å²) in [6, 6.07) is 11.2. The monoisotopic (exact) mass is 606 g/mol. The molecule has 0 unspecified atom stereocenters. The maximum absolute atomic E-state index is 13.7. The van der Waals surface area contributed by atoms with E-state index in [0.717, 1.165) is 32.1 Å². The van der Waals surface area contributed by atoms with Crippen LogP contribution >= 0.6 is 0 Å². The van der Waals surface area contributed by atoms with Crippen LogP contribution < -0.4 is 15.8 Å². The van der Waals surface area contributed by atoms with Crippen molar-refractivity contribution in [2.45, 2.75) is 75.5 Å². The van der Waals surface area contributed by atoms with Gasteiger partial charge in [0.1, 0.15) is 0 Å². The van der Waals surface area contributed by atoms with Gasteiger partial charge in [-0.3, -0.25) is 9.59 Å². The molecule has 1 amide bonds. The first-order chi connectivity index (χ1) is 19.8. The molecule has 228 valence electrons. The fourth-order valence-electron chi connectivity index (χ4n) is 5.57. The van der Waals surface area contributed by atoms with Crippen LogP contribution in [-0.4, -0.2) is 55.8 Å². The second-order valence-corrected chi connectivity index (χ2v) is 12.9. The summed E-state index contributed by atoms with van der Waals surface area (Å²) in [6.07, 6.45) is 0.270. The number of alkyl halides is 3. The Morgan fingerprint density at radius 3 is 2.48 bits per heavy atom. The maximum atomic E-state index is 13.7. The maximum Gasteiger partial charge on any atom is 0.417 e. The zero-order valence-electron chi connectivity index (χ0n) is 24.0. The number of sulfonamides is 1. The average molecular weight is 607 g/mol. The summed E-state index contributed by atoms with van der Waals surface area (Å²) in [4.78, 5) is 29.2. The Bertz CT molecular complexity index is 1570. The van der Waals surface area contributed by atoms with Gasteiger partial charge in [-0.05, 0) is 75.1 Å². The summed E-state index contributed by atoms with van der Waals surface area (Å²) in [5, 5.41) is 2.81. The number of halogens is 3. The molecule has 3 aromatic rings. The largest absolute Gasteiger partial charge is 0.417 e. The molecule has 4 rings (SSSR count). The highest BCUT2D eigenvalue weighted by molar-refractivity contribution is 7.89. The van der Waals surface area contributed by atoms with Crippen LogP contribution in [0.1, 0.15) is 68.3 Å². The summed E-state index contributed by atoms with van der Waals surface area (Å²) in [5.74, 6) is -0.336. The number of pyridine rings is 1. The summed E-state index contributed by atoms with van der Waals surface area (Å²) < 4.78 is 68.0. The lowest BCUT2D eigenvalue weighted by atomic mass is 10.1. The molecular weight excluding hydrogens is 569 g/mol. The van der Waals surface area contributed by atoms with Gasteiger partial charge in [-0.25, -0.2) is 12.7 Å². The number of amides is 1. The van der Waals surface area contributed by atoms with Gasteiger partial charge in [-0.15, -0.1) is 0 Å². The van der Waals surface area contributed by atoms with Crippen molar-refractivity contribution in [3.63, 3.8) is 0 Å². The minimum atomic E-state index is -4.67. The number of aromatic amines is 1. The number of carbonyl (C=O) groups excluding carboxylic acids is 1. The van der Waals surface area contributed by atoms with Crippen LogP contribution in [0.5, 0.6) is 0 Å². The van der Waals surface area contributed by atoms with E-state index in [0.29, 0.717) is 36.8 Å². The zero-order valence-corrected chi connectivity index (χ0v) is 24.8. The van der Waals surface area contributed by atoms with Crippen LogP contribution in [0.2, 0.25) is 0 Å². The summed E-state index contributed by atoms with van der Waals surface area (Å²) in [6.45, 7) is 4.82. The van der Waals surface area contributed by atoms with Gasteiger partial charge in [-0.2, -0.15) is 13.2 Å². The molecule has 1 aromatic heterocycles. The predicted molar refractivity (Wildman–Crippen MR) is 157 cm³/mol. The summed E-state index contributed by atoms with van der Waals surface area (Å²) in [5.41, 5.74) is -0.700. The predicted octanol–water partition coefficient (Wildman–Crippen LogP) is 5.54. The highest BCUT2D eigenvalue weighted by Crippen LogP contribution is 2.37. The first-order valence-electron chi connectivity index (χ1n) is 14.2. The Balaban J connectivity index is 1.41. The number of nitrogens with one attached hydrogen (secondary N) is 2. The van der Waals surface area contributed by atoms with E-state index in [1.165, 1.54) is 40.7 Å². The molecule has 2 heterocycles. The molecule has 2 N–H and O–H groups in total. The van der Waals surface area contributed by atoms with Crippen LogP contribution in [0, 0.1) is 0 Å². The zero-order chi connectivity index (χ0) is 30.7. The van der Waals surface area contributed by atoms with Gasteiger partial charge in [0, 0.05) is 60.4 Å². The Hall–Kier alpha value is -3.38. The third kappa shape index (κ3) is 6.97. The fraction of sp³-hybridized carbons (Fsp3) is 0.467. The second kappa shape index (κ2) is 12.9. The molecule has 0 aliphatic carbocycles. The van der Waals surface area contributed by atoms with Crippen molar-refractivity contribution < 1.29 is 26.4 Å². The molecular formula is C30H37F3N4O4S. The van der Waals surface area contributed by atoms with Crippen molar-refractivity contribution in [2.75, 3.05) is 25.0 Å². The average Bonchev–Trinajstić information content (AvgIpc) is 3.31. The second-order valence-electron chi connectivity index (χ2n) is 10.9. The van der Waals surface area contributed by atoms with E-state index in [9.17, 15) is 31.2 Å². The van der Waals surface area contributed by atoms with Crippen molar-refractivity contribution in [3.05, 3.63) is 70.0 Å². The lowest BCUT2D eigenvalue weighted by Gasteiger charge is -2.31. The van der Waals surface area contributed by atoms with E-state index in [-0.39, 0.29) is 33.8 Å². The van der Waals surface area contributed by atoms with E-state index < -0.39 is 27.3 Å². The number of rotatable bonds is 11. The molecule has 1 aliphatic rings. The number of fused-ring (bicyclic) bond motifs is 1. The minimum absolute atomic E-state index is 0.00869. The number of benzene rings is 2. The van der Waals surface area contributed by atoms with Gasteiger partial charge in [0.05, 0.1) is 10.5 Å². The first kappa shape index (κ1) is 31.6. The molecule has 42 heavy (non-hydrogen) atoms. The molecule has 0 spiro atoms. The molecule has 2 atom stereocenters. The van der Waals surface area contributed by atoms with E-state index in [1.807, 2.05) is 13.8 Å². The van der Waals surface area contributed by atoms with E-state index in [4.69, 9.17) is 0 Å². The molecule has 2 aromatic carbocycles. The number of carbonyl (C=O) groups is 1. The van der Waals surface area contributed by atoms with Gasteiger partial charge in [0.25, 0.3) is 5.91 Å². The topological polar surface area (TPSA) is 103 Å². The molecule has 0 radical (unpaired) electrons. The Kier molecular flexibility index (Phi) is 9.67. The van der Waals surface area contributed by atoms with Crippen molar-refractivity contribution in [2.24, 2.45) is 0 Å². The number of nitrogens with zero attached hydrogens (tertiary/aromatic N) is 2. The van der Waals surface area contributed by atoms with E-state index in [2.05, 4.69) is 15.2 Å². The smallest absolute Gasteiger partial charge is 0.366 e. The van der Waals surface area contributed by atoms with Crippen molar-refractivity contribution >= 4 is 32.5 Å².